The second-order valence-electron chi connectivity index (χ2n) is 6.14. The van der Waals surface area contributed by atoms with E-state index in [0.717, 1.165) is 4.90 Å². The zero-order valence-corrected chi connectivity index (χ0v) is 16.8. The first-order chi connectivity index (χ1) is 12.8. The number of hydrogen-bond donors (Lipinski definition) is 3. The zero-order valence-electron chi connectivity index (χ0n) is 15.3. The molecule has 0 aliphatic carbocycles. The number of quaternary nitrogens is 1. The molecule has 0 aliphatic rings. The minimum Gasteiger partial charge on any atom is -0.497 e. The van der Waals surface area contributed by atoms with Gasteiger partial charge < -0.3 is 20.3 Å². The first-order valence-electron chi connectivity index (χ1n) is 8.32. The molecule has 144 valence electrons. The van der Waals surface area contributed by atoms with Gasteiger partial charge >= 0.3 is 0 Å². The Morgan fingerprint density at radius 3 is 2.44 bits per heavy atom. The Kier molecular flexibility index (Phi) is 7.47. The molecule has 6 nitrogen and oxygen atoms in total. The van der Waals surface area contributed by atoms with Crippen LogP contribution in [0.2, 0.25) is 10.0 Å². The fourth-order valence-electron chi connectivity index (χ4n) is 2.36. The third-order valence-electron chi connectivity index (χ3n) is 4.11. The van der Waals surface area contributed by atoms with Crippen LogP contribution < -0.4 is 20.3 Å². The normalized spacial score (nSPS) is 12.8. The number of carbonyl (C=O) groups is 2. The number of anilines is 2. The molecule has 27 heavy (non-hydrogen) atoms. The summed E-state index contributed by atoms with van der Waals surface area (Å²) in [5.41, 5.74) is 1.19. The monoisotopic (exact) mass is 410 g/mol. The van der Waals surface area contributed by atoms with Gasteiger partial charge in [-0.25, -0.2) is 0 Å². The minimum absolute atomic E-state index is 0.118. The van der Waals surface area contributed by atoms with E-state index < -0.39 is 6.04 Å². The van der Waals surface area contributed by atoms with Gasteiger partial charge in [-0.15, -0.1) is 0 Å². The summed E-state index contributed by atoms with van der Waals surface area (Å²) in [5.74, 6) is 0.233. The summed E-state index contributed by atoms with van der Waals surface area (Å²) in [6, 6.07) is 11.5. The van der Waals surface area contributed by atoms with Crippen molar-refractivity contribution in [3.05, 3.63) is 52.5 Å². The van der Waals surface area contributed by atoms with Crippen molar-refractivity contribution < 1.29 is 19.2 Å². The first-order valence-corrected chi connectivity index (χ1v) is 9.08. The zero-order chi connectivity index (χ0) is 20.0. The van der Waals surface area contributed by atoms with Crippen molar-refractivity contribution in [1.82, 2.24) is 0 Å². The average molecular weight is 411 g/mol. The van der Waals surface area contributed by atoms with Crippen molar-refractivity contribution in [2.45, 2.75) is 13.0 Å². The van der Waals surface area contributed by atoms with Crippen LogP contribution in [0.15, 0.2) is 42.5 Å². The van der Waals surface area contributed by atoms with Gasteiger partial charge in [0.2, 0.25) is 0 Å². The Bertz CT molecular complexity index is 830. The van der Waals surface area contributed by atoms with Crippen LogP contribution in [0.5, 0.6) is 5.75 Å². The van der Waals surface area contributed by atoms with E-state index in [1.807, 2.05) is 0 Å². The van der Waals surface area contributed by atoms with Gasteiger partial charge in [0.25, 0.3) is 11.8 Å². The molecular weight excluding hydrogens is 389 g/mol. The number of nitrogens with one attached hydrogen (secondary N) is 3. The summed E-state index contributed by atoms with van der Waals surface area (Å²) in [5, 5.41) is 6.36. The van der Waals surface area contributed by atoms with E-state index in [-0.39, 0.29) is 18.4 Å². The highest BCUT2D eigenvalue weighted by Gasteiger charge is 2.24. The third kappa shape index (κ3) is 6.13. The molecule has 2 amide bonds. The van der Waals surface area contributed by atoms with E-state index in [4.69, 9.17) is 27.9 Å². The summed E-state index contributed by atoms with van der Waals surface area (Å²) < 4.78 is 5.14. The SMILES string of the molecule is COc1cccc(NC(=O)[C@@H](C)[NH+](C)CC(=O)Nc2ccc(Cl)c(Cl)c2)c1. The molecular formula is C19H22Cl2N3O3+. The second-order valence-corrected chi connectivity index (χ2v) is 6.96. The lowest BCUT2D eigenvalue weighted by Gasteiger charge is -2.20. The van der Waals surface area contributed by atoms with Gasteiger partial charge in [0, 0.05) is 17.4 Å². The van der Waals surface area contributed by atoms with Gasteiger partial charge in [-0.05, 0) is 37.3 Å². The standard InChI is InChI=1S/C19H21Cl2N3O3/c1-12(19(26)23-13-5-4-6-15(9-13)27-3)24(2)11-18(25)22-14-7-8-16(20)17(21)10-14/h4-10,12H,11H2,1-3H3,(H,22,25)(H,23,26)/p+1/t12-/m1/s1. The maximum Gasteiger partial charge on any atom is 0.282 e. The fraction of sp³-hybridized carbons (Fsp3) is 0.263. The number of likely N-dealkylation sites (N-methyl/N-ethyl adjacent to an activating group) is 1. The fourth-order valence-corrected chi connectivity index (χ4v) is 2.66. The lowest BCUT2D eigenvalue weighted by molar-refractivity contribution is -0.885. The highest BCUT2D eigenvalue weighted by molar-refractivity contribution is 6.42. The molecule has 0 fully saturated rings. The summed E-state index contributed by atoms with van der Waals surface area (Å²) in [6.45, 7) is 1.88. The van der Waals surface area contributed by atoms with Crippen LogP contribution in [0, 0.1) is 0 Å². The molecule has 1 unspecified atom stereocenters. The predicted molar refractivity (Wildman–Crippen MR) is 108 cm³/mol. The number of halogens is 2. The van der Waals surface area contributed by atoms with Crippen molar-refractivity contribution in [3.8, 4) is 5.75 Å². The third-order valence-corrected chi connectivity index (χ3v) is 4.85. The molecule has 8 heteroatoms. The summed E-state index contributed by atoms with van der Waals surface area (Å²) in [7, 11) is 3.35. The molecule has 0 spiro atoms. The Morgan fingerprint density at radius 1 is 1.07 bits per heavy atom. The predicted octanol–water partition coefficient (Wildman–Crippen LogP) is 2.48. The van der Waals surface area contributed by atoms with Crippen LogP contribution in [0.25, 0.3) is 0 Å². The Hall–Kier alpha value is -2.28. The Labute approximate surface area is 168 Å². The molecule has 0 saturated heterocycles. The maximum atomic E-state index is 12.4. The first kappa shape index (κ1) is 21.0. The van der Waals surface area contributed by atoms with Crippen molar-refractivity contribution in [2.24, 2.45) is 0 Å². The maximum absolute atomic E-state index is 12.4. The minimum atomic E-state index is -0.434. The highest BCUT2D eigenvalue weighted by Crippen LogP contribution is 2.24. The molecule has 0 heterocycles. The van der Waals surface area contributed by atoms with E-state index >= 15 is 0 Å². The van der Waals surface area contributed by atoms with Crippen LogP contribution in [0.1, 0.15) is 6.92 Å². The van der Waals surface area contributed by atoms with Crippen LogP contribution in [-0.2, 0) is 9.59 Å². The van der Waals surface area contributed by atoms with Crippen molar-refractivity contribution in [1.29, 1.82) is 0 Å². The molecule has 0 radical (unpaired) electrons. The molecule has 2 atom stereocenters. The molecule has 0 bridgehead atoms. The molecule has 0 aromatic heterocycles. The summed E-state index contributed by atoms with van der Waals surface area (Å²) in [4.78, 5) is 25.4. The van der Waals surface area contributed by atoms with Crippen LogP contribution in [0.4, 0.5) is 11.4 Å². The highest BCUT2D eigenvalue weighted by atomic mass is 35.5. The number of rotatable bonds is 7. The van der Waals surface area contributed by atoms with Crippen LogP contribution >= 0.6 is 23.2 Å². The molecule has 0 aliphatic heterocycles. The molecule has 2 rings (SSSR count). The van der Waals surface area contributed by atoms with Crippen molar-refractivity contribution in [2.75, 3.05) is 31.3 Å². The van der Waals surface area contributed by atoms with Crippen LogP contribution in [0.3, 0.4) is 0 Å². The number of carbonyl (C=O) groups excluding carboxylic acids is 2. The number of benzene rings is 2. The number of hydrogen-bond acceptors (Lipinski definition) is 3. The second kappa shape index (κ2) is 9.60. The smallest absolute Gasteiger partial charge is 0.282 e. The lowest BCUT2D eigenvalue weighted by Crippen LogP contribution is -3.14. The van der Waals surface area contributed by atoms with Crippen LogP contribution in [-0.4, -0.2) is 38.6 Å². The molecule has 2 aromatic rings. The van der Waals surface area contributed by atoms with Gasteiger partial charge in [-0.1, -0.05) is 29.3 Å². The number of ether oxygens (including phenoxy) is 1. The van der Waals surface area contributed by atoms with E-state index in [2.05, 4.69) is 10.6 Å². The molecule has 2 aromatic carbocycles. The quantitative estimate of drug-likeness (QED) is 0.656. The van der Waals surface area contributed by atoms with Gasteiger partial charge in [-0.2, -0.15) is 0 Å². The van der Waals surface area contributed by atoms with Gasteiger partial charge in [0.05, 0.1) is 24.2 Å². The average Bonchev–Trinajstić information content (AvgIpc) is 2.64. The van der Waals surface area contributed by atoms with Gasteiger partial charge in [0.1, 0.15) is 5.75 Å². The Balaban J connectivity index is 1.91. The topological polar surface area (TPSA) is 71.9 Å². The number of amides is 2. The van der Waals surface area contributed by atoms with E-state index in [0.29, 0.717) is 27.2 Å². The number of methoxy groups -OCH3 is 1. The van der Waals surface area contributed by atoms with E-state index in [1.54, 1.807) is 63.5 Å². The summed E-state index contributed by atoms with van der Waals surface area (Å²) >= 11 is 11.8. The van der Waals surface area contributed by atoms with Gasteiger partial charge in [0.15, 0.2) is 12.6 Å². The molecule has 0 saturated carbocycles. The lowest BCUT2D eigenvalue weighted by atomic mass is 10.2. The van der Waals surface area contributed by atoms with Crippen molar-refractivity contribution in [3.63, 3.8) is 0 Å². The van der Waals surface area contributed by atoms with E-state index in [1.165, 1.54) is 0 Å². The van der Waals surface area contributed by atoms with E-state index in [9.17, 15) is 9.59 Å². The Morgan fingerprint density at radius 2 is 1.78 bits per heavy atom. The van der Waals surface area contributed by atoms with Crippen molar-refractivity contribution >= 4 is 46.4 Å². The van der Waals surface area contributed by atoms with Gasteiger partial charge in [-0.3, -0.25) is 9.59 Å². The molecule has 3 N–H and O–H groups in total. The summed E-state index contributed by atoms with van der Waals surface area (Å²) in [6.07, 6.45) is 0. The largest absolute Gasteiger partial charge is 0.497 e.